The molecule has 2 aliphatic rings. The molecule has 2 fully saturated rings. The van der Waals surface area contributed by atoms with E-state index in [4.69, 9.17) is 23.5 Å². The van der Waals surface area contributed by atoms with E-state index >= 15 is 0 Å². The van der Waals surface area contributed by atoms with Gasteiger partial charge < -0.3 is 15.2 Å². The molecule has 0 unspecified atom stereocenters. The fourth-order valence-electron chi connectivity index (χ4n) is 4.32. The molecular formula is C23H23B3N6O2. The molecule has 166 valence electrons. The number of pyridine rings is 3. The summed E-state index contributed by atoms with van der Waals surface area (Å²) in [5.74, 6) is -0.130. The molecule has 1 aliphatic heterocycles. The molecule has 4 heterocycles. The number of piperazine rings is 1. The van der Waals surface area contributed by atoms with E-state index in [1.54, 1.807) is 12.3 Å². The zero-order valence-corrected chi connectivity index (χ0v) is 18.8. The average Bonchev–Trinajstić information content (AvgIpc) is 3.63. The second kappa shape index (κ2) is 8.94. The smallest absolute Gasteiger partial charge is 0.268 e. The van der Waals surface area contributed by atoms with Crippen molar-refractivity contribution in [3.8, 4) is 0 Å². The minimum Gasteiger partial charge on any atom is -0.371 e. The number of aromatic amines is 1. The molecular weight excluding hydrogens is 425 g/mol. The minimum atomic E-state index is -1.79. The Morgan fingerprint density at radius 2 is 1.85 bits per heavy atom. The van der Waals surface area contributed by atoms with Gasteiger partial charge in [0.1, 0.15) is 5.69 Å². The van der Waals surface area contributed by atoms with E-state index in [9.17, 15) is 9.59 Å². The maximum Gasteiger partial charge on any atom is 0.268 e. The van der Waals surface area contributed by atoms with Crippen LogP contribution in [0.3, 0.4) is 0 Å². The van der Waals surface area contributed by atoms with Crippen molar-refractivity contribution < 1.29 is 4.79 Å². The van der Waals surface area contributed by atoms with Crippen LogP contribution in [-0.4, -0.2) is 80.7 Å². The van der Waals surface area contributed by atoms with Crippen molar-refractivity contribution >= 4 is 46.2 Å². The summed E-state index contributed by atoms with van der Waals surface area (Å²) in [7, 11) is 16.2. The lowest BCUT2D eigenvalue weighted by Crippen LogP contribution is -2.50. The number of amides is 1. The number of anilines is 1. The number of hydrogen-bond acceptors (Lipinski definition) is 6. The molecule has 11 heteroatoms. The van der Waals surface area contributed by atoms with Gasteiger partial charge in [-0.05, 0) is 48.6 Å². The largest absolute Gasteiger partial charge is 0.371 e. The first kappa shape index (κ1) is 22.7. The maximum absolute atomic E-state index is 12.4. The summed E-state index contributed by atoms with van der Waals surface area (Å²) in [6.07, 6.45) is 5.74. The van der Waals surface area contributed by atoms with Crippen LogP contribution in [-0.2, 0) is 6.54 Å². The first-order chi connectivity index (χ1) is 16.2. The predicted octanol–water partition coefficient (Wildman–Crippen LogP) is 0.364. The lowest BCUT2D eigenvalue weighted by molar-refractivity contribution is 0.0947. The number of rotatable bonds is 6. The van der Waals surface area contributed by atoms with Gasteiger partial charge in [-0.3, -0.25) is 19.5 Å². The maximum atomic E-state index is 12.4. The van der Waals surface area contributed by atoms with Crippen molar-refractivity contribution in [3.05, 3.63) is 63.8 Å². The van der Waals surface area contributed by atoms with Crippen LogP contribution >= 0.6 is 0 Å². The highest BCUT2D eigenvalue weighted by molar-refractivity contribution is 6.60. The van der Waals surface area contributed by atoms with E-state index in [-0.39, 0.29) is 11.3 Å². The molecule has 34 heavy (non-hydrogen) atoms. The molecule has 0 aromatic carbocycles. The SMILES string of the molecule is [B]C([B])([B])NC(=O)c1ccc(N2CCN(Cc3cnc4cc(C5CC5)c(=O)[nH]c4c3)CC2)cn1. The fraction of sp³-hybridized carbons (Fsp3) is 0.391. The Morgan fingerprint density at radius 3 is 2.50 bits per heavy atom. The van der Waals surface area contributed by atoms with Crippen molar-refractivity contribution in [2.75, 3.05) is 31.1 Å². The Kier molecular flexibility index (Phi) is 5.98. The minimum absolute atomic E-state index is 0.00748. The third-order valence-electron chi connectivity index (χ3n) is 6.25. The molecule has 3 aromatic heterocycles. The van der Waals surface area contributed by atoms with E-state index in [1.807, 2.05) is 24.4 Å². The lowest BCUT2D eigenvalue weighted by Gasteiger charge is -2.36. The van der Waals surface area contributed by atoms with Crippen LogP contribution in [0.4, 0.5) is 5.69 Å². The van der Waals surface area contributed by atoms with E-state index in [0.717, 1.165) is 73.4 Å². The van der Waals surface area contributed by atoms with E-state index in [0.29, 0.717) is 5.92 Å². The summed E-state index contributed by atoms with van der Waals surface area (Å²) in [4.78, 5) is 40.8. The number of carbonyl (C=O) groups is 1. The van der Waals surface area contributed by atoms with Gasteiger partial charge >= 0.3 is 0 Å². The van der Waals surface area contributed by atoms with Crippen LogP contribution in [0.15, 0.2) is 41.5 Å². The molecule has 1 saturated carbocycles. The molecule has 0 spiro atoms. The van der Waals surface area contributed by atoms with Crippen LogP contribution in [0.1, 0.15) is 40.4 Å². The van der Waals surface area contributed by atoms with Crippen molar-refractivity contribution in [2.45, 2.75) is 30.5 Å². The number of carbonyl (C=O) groups excluding carboxylic acids is 1. The van der Waals surface area contributed by atoms with Crippen LogP contribution in [0.5, 0.6) is 0 Å². The summed E-state index contributed by atoms with van der Waals surface area (Å²) in [6, 6.07) is 7.44. The molecule has 1 saturated heterocycles. The summed E-state index contributed by atoms with van der Waals surface area (Å²) >= 11 is 0. The fourth-order valence-corrected chi connectivity index (χ4v) is 4.32. The summed E-state index contributed by atoms with van der Waals surface area (Å²) in [5.41, 5.74) is 4.70. The van der Waals surface area contributed by atoms with E-state index < -0.39 is 11.1 Å². The van der Waals surface area contributed by atoms with Crippen molar-refractivity contribution in [3.63, 3.8) is 0 Å². The van der Waals surface area contributed by atoms with Crippen molar-refractivity contribution in [2.24, 2.45) is 0 Å². The van der Waals surface area contributed by atoms with Gasteiger partial charge in [-0.1, -0.05) is 5.24 Å². The van der Waals surface area contributed by atoms with Crippen LogP contribution in [0, 0.1) is 0 Å². The van der Waals surface area contributed by atoms with E-state index in [1.165, 1.54) is 0 Å². The summed E-state index contributed by atoms with van der Waals surface area (Å²) in [5, 5.41) is 0.486. The Labute approximate surface area is 201 Å². The highest BCUT2D eigenvalue weighted by Crippen LogP contribution is 2.38. The zero-order chi connectivity index (χ0) is 23.9. The molecule has 3 aromatic rings. The van der Waals surface area contributed by atoms with Gasteiger partial charge in [0, 0.05) is 44.5 Å². The first-order valence-corrected chi connectivity index (χ1v) is 11.4. The Morgan fingerprint density at radius 1 is 1.09 bits per heavy atom. The third-order valence-corrected chi connectivity index (χ3v) is 6.25. The number of nitrogens with zero attached hydrogens (tertiary/aromatic N) is 4. The quantitative estimate of drug-likeness (QED) is 0.530. The summed E-state index contributed by atoms with van der Waals surface area (Å²) in [6.45, 7) is 4.15. The van der Waals surface area contributed by atoms with Gasteiger partial charge in [0.15, 0.2) is 0 Å². The van der Waals surface area contributed by atoms with Gasteiger partial charge in [0.25, 0.3) is 11.5 Å². The second-order valence-electron chi connectivity index (χ2n) is 9.16. The third kappa shape index (κ3) is 5.19. The van der Waals surface area contributed by atoms with Gasteiger partial charge in [-0.25, -0.2) is 4.98 Å². The normalized spacial score (nSPS) is 17.1. The predicted molar refractivity (Wildman–Crippen MR) is 134 cm³/mol. The number of H-pyrrole nitrogens is 1. The average molecular weight is 448 g/mol. The van der Waals surface area contributed by atoms with Crippen LogP contribution in [0.2, 0.25) is 0 Å². The Balaban J connectivity index is 1.18. The first-order valence-electron chi connectivity index (χ1n) is 11.4. The lowest BCUT2D eigenvalue weighted by atomic mass is 9.49. The highest BCUT2D eigenvalue weighted by Gasteiger charge is 2.26. The van der Waals surface area contributed by atoms with Gasteiger partial charge in [-0.2, -0.15) is 0 Å². The molecule has 0 bridgehead atoms. The monoisotopic (exact) mass is 448 g/mol. The molecule has 8 nitrogen and oxygen atoms in total. The molecule has 0 atom stereocenters. The highest BCUT2D eigenvalue weighted by atomic mass is 16.2. The zero-order valence-electron chi connectivity index (χ0n) is 18.8. The molecule has 5 rings (SSSR count). The molecule has 6 radical (unpaired) electrons. The van der Waals surface area contributed by atoms with Crippen molar-refractivity contribution in [1.29, 1.82) is 0 Å². The van der Waals surface area contributed by atoms with E-state index in [2.05, 4.69) is 30.1 Å². The molecule has 1 amide bonds. The standard InChI is InChI=1S/C23H23B3N6O2/c24-23(25,26)30-22(34)18-4-3-16(12-28-18)32-7-5-31(6-8-32)13-14-9-20-19(27-11-14)10-17(15-1-2-15)21(33)29-20/h3-4,9-12,15H,1-2,5-8,13H2,(H,29,33)(H,30,34). The van der Waals surface area contributed by atoms with Crippen LogP contribution < -0.4 is 15.8 Å². The number of nitrogens with one attached hydrogen (secondary N) is 2. The second-order valence-corrected chi connectivity index (χ2v) is 9.16. The van der Waals surface area contributed by atoms with Crippen LogP contribution in [0.25, 0.3) is 11.0 Å². The summed E-state index contributed by atoms with van der Waals surface area (Å²) < 4.78 is 0. The molecule has 2 N–H and O–H groups in total. The number of aromatic nitrogens is 3. The number of hydrogen-bond donors (Lipinski definition) is 2. The molecule has 1 aliphatic carbocycles. The Hall–Kier alpha value is -3.07. The van der Waals surface area contributed by atoms with Gasteiger partial charge in [0.2, 0.25) is 0 Å². The van der Waals surface area contributed by atoms with Gasteiger partial charge in [0.05, 0.1) is 46.5 Å². The topological polar surface area (TPSA) is 94.2 Å². The van der Waals surface area contributed by atoms with Gasteiger partial charge in [-0.15, -0.1) is 0 Å². The van der Waals surface area contributed by atoms with Crippen molar-refractivity contribution in [1.82, 2.24) is 25.2 Å². The Bertz CT molecular complexity index is 1260. The number of fused-ring (bicyclic) bond motifs is 1.